The van der Waals surface area contributed by atoms with Crippen LogP contribution in [0, 0.1) is 0 Å². The zero-order valence-corrected chi connectivity index (χ0v) is 14.5. The van der Waals surface area contributed by atoms with Gasteiger partial charge in [0.05, 0.1) is 19.0 Å². The predicted molar refractivity (Wildman–Crippen MR) is 87.3 cm³/mol. The maximum atomic E-state index is 10.7. The van der Waals surface area contributed by atoms with E-state index < -0.39 is 32.9 Å². The van der Waals surface area contributed by atoms with E-state index in [9.17, 15) is 9.67 Å². The predicted octanol–water partition coefficient (Wildman–Crippen LogP) is 0.144. The Morgan fingerprint density at radius 2 is 2.12 bits per heavy atom. The van der Waals surface area contributed by atoms with Gasteiger partial charge in [-0.05, 0) is 11.6 Å². The van der Waals surface area contributed by atoms with Crippen LogP contribution in [0.5, 0.6) is 0 Å². The normalized spacial score (nSPS) is 23.3. The molecule has 2 aromatic heterocycles. The molecule has 0 aliphatic carbocycles. The third kappa shape index (κ3) is 4.61. The van der Waals surface area contributed by atoms with Crippen LogP contribution < -0.4 is 18.0 Å². The summed E-state index contributed by atoms with van der Waals surface area (Å²) < 4.78 is 22.2. The standard InChI is InChI=1S/C10H13ClN5O6P.2H3N/c11-10-14-8(12)7-9(15-10)16(3-13-7)6-1-4(17)5(22-6)2-21-23(18,19)20;;/h3-6,17H,1-2H2,(H2,12,14,15)(H2,18,19,20);2*1H3/t4-,5+,6+;;/m0../s1. The summed E-state index contributed by atoms with van der Waals surface area (Å²) in [5.74, 6) is 0.110. The highest BCUT2D eigenvalue weighted by molar-refractivity contribution is 7.46. The van der Waals surface area contributed by atoms with Crippen molar-refractivity contribution in [3.63, 3.8) is 0 Å². The molecule has 0 bridgehead atoms. The molecular formula is C10H19ClN7O6P. The molecule has 0 spiro atoms. The number of nitrogens with zero attached hydrogens (tertiary/aromatic N) is 4. The highest BCUT2D eigenvalue weighted by atomic mass is 35.5. The first-order valence-corrected chi connectivity index (χ1v) is 8.34. The molecule has 0 aromatic carbocycles. The molecule has 0 saturated carbocycles. The molecule has 25 heavy (non-hydrogen) atoms. The van der Waals surface area contributed by atoms with Gasteiger partial charge in [-0.15, -0.1) is 0 Å². The van der Waals surface area contributed by atoms with Crippen molar-refractivity contribution in [2.24, 2.45) is 0 Å². The van der Waals surface area contributed by atoms with Crippen molar-refractivity contribution in [1.29, 1.82) is 0 Å². The molecule has 0 amide bonds. The Morgan fingerprint density at radius 3 is 2.76 bits per heavy atom. The van der Waals surface area contributed by atoms with Crippen LogP contribution in [-0.2, 0) is 13.8 Å². The second-order valence-corrected chi connectivity index (χ2v) is 6.50. The van der Waals surface area contributed by atoms with E-state index in [1.807, 2.05) is 0 Å². The minimum Gasteiger partial charge on any atom is -0.390 e. The number of hydrogen-bond donors (Lipinski definition) is 6. The van der Waals surface area contributed by atoms with Crippen LogP contribution in [-0.4, -0.2) is 53.2 Å². The third-order valence-electron chi connectivity index (χ3n) is 3.34. The molecule has 142 valence electrons. The van der Waals surface area contributed by atoms with Gasteiger partial charge in [0.25, 0.3) is 0 Å². The van der Waals surface area contributed by atoms with E-state index in [0.717, 1.165) is 0 Å². The molecule has 11 N–H and O–H groups in total. The van der Waals surface area contributed by atoms with E-state index in [1.54, 1.807) is 0 Å². The van der Waals surface area contributed by atoms with Gasteiger partial charge >= 0.3 is 7.82 Å². The summed E-state index contributed by atoms with van der Waals surface area (Å²) in [6.45, 7) is -0.452. The molecule has 13 nitrogen and oxygen atoms in total. The number of aromatic nitrogens is 4. The fourth-order valence-corrected chi connectivity index (χ4v) is 2.84. The number of imidazole rings is 1. The van der Waals surface area contributed by atoms with E-state index in [4.69, 9.17) is 31.9 Å². The van der Waals surface area contributed by atoms with Gasteiger partial charge in [0.1, 0.15) is 17.8 Å². The van der Waals surface area contributed by atoms with Crippen molar-refractivity contribution in [3.8, 4) is 0 Å². The number of phosphoric ester groups is 1. The lowest BCUT2D eigenvalue weighted by Gasteiger charge is -2.16. The smallest absolute Gasteiger partial charge is 0.390 e. The minimum atomic E-state index is -4.64. The zero-order valence-electron chi connectivity index (χ0n) is 12.9. The number of ether oxygens (including phenoxy) is 1. The summed E-state index contributed by atoms with van der Waals surface area (Å²) in [5, 5.41) is 9.90. The summed E-state index contributed by atoms with van der Waals surface area (Å²) in [7, 11) is -4.64. The van der Waals surface area contributed by atoms with Gasteiger partial charge in [-0.25, -0.2) is 9.55 Å². The Morgan fingerprint density at radius 1 is 1.44 bits per heavy atom. The number of aliphatic hydroxyl groups excluding tert-OH is 1. The van der Waals surface area contributed by atoms with E-state index in [1.165, 1.54) is 10.9 Å². The van der Waals surface area contributed by atoms with E-state index in [-0.39, 0.29) is 29.8 Å². The molecule has 15 heteroatoms. The maximum absolute atomic E-state index is 10.7. The average Bonchev–Trinajstić information content (AvgIpc) is 2.99. The Labute approximate surface area is 146 Å². The van der Waals surface area contributed by atoms with Gasteiger partial charge in [0.2, 0.25) is 5.28 Å². The van der Waals surface area contributed by atoms with Gasteiger partial charge in [0, 0.05) is 6.42 Å². The molecule has 1 aliphatic heterocycles. The van der Waals surface area contributed by atoms with E-state index >= 15 is 0 Å². The number of hydrogen-bond acceptors (Lipinski definition) is 10. The topological polar surface area (TPSA) is 236 Å². The second-order valence-electron chi connectivity index (χ2n) is 4.92. The van der Waals surface area contributed by atoms with Crippen molar-refractivity contribution in [2.75, 3.05) is 12.3 Å². The van der Waals surface area contributed by atoms with Crippen LogP contribution in [0.3, 0.4) is 0 Å². The van der Waals surface area contributed by atoms with E-state index in [2.05, 4.69) is 19.5 Å². The fraction of sp³-hybridized carbons (Fsp3) is 0.500. The molecule has 2 aromatic rings. The number of nitrogen functional groups attached to an aromatic ring is 1. The van der Waals surface area contributed by atoms with Crippen LogP contribution in [0.2, 0.25) is 5.28 Å². The molecule has 3 heterocycles. The summed E-state index contributed by atoms with van der Waals surface area (Å²) in [6.07, 6.45) is -0.971. The lowest BCUT2D eigenvalue weighted by Crippen LogP contribution is -2.25. The molecule has 0 unspecified atom stereocenters. The molecule has 1 fully saturated rings. The van der Waals surface area contributed by atoms with Gasteiger partial charge in [0.15, 0.2) is 11.5 Å². The molecule has 3 atom stereocenters. The average molecular weight is 400 g/mol. The summed E-state index contributed by atoms with van der Waals surface area (Å²) in [5.41, 5.74) is 6.38. The van der Waals surface area contributed by atoms with Crippen LogP contribution in [0.15, 0.2) is 6.33 Å². The van der Waals surface area contributed by atoms with Crippen LogP contribution in [0.4, 0.5) is 5.82 Å². The molecule has 1 saturated heterocycles. The number of fused-ring (bicyclic) bond motifs is 1. The van der Waals surface area contributed by atoms with Gasteiger partial charge in [-0.2, -0.15) is 9.97 Å². The Bertz CT molecular complexity index is 784. The highest BCUT2D eigenvalue weighted by Gasteiger charge is 2.37. The summed E-state index contributed by atoms with van der Waals surface area (Å²) in [4.78, 5) is 29.3. The lowest BCUT2D eigenvalue weighted by atomic mass is 10.2. The number of phosphoric acid groups is 1. The molecule has 3 rings (SSSR count). The van der Waals surface area contributed by atoms with Crippen LogP contribution in [0.25, 0.3) is 11.2 Å². The Hall–Kier alpha value is -1.41. The van der Waals surface area contributed by atoms with Crippen LogP contribution >= 0.6 is 19.4 Å². The number of halogens is 1. The largest absolute Gasteiger partial charge is 0.469 e. The lowest BCUT2D eigenvalue weighted by molar-refractivity contribution is -0.0424. The maximum Gasteiger partial charge on any atom is 0.469 e. The molecule has 1 aliphatic rings. The van der Waals surface area contributed by atoms with Gasteiger partial charge < -0.3 is 37.7 Å². The Kier molecular flexibility index (Phi) is 6.81. The van der Waals surface area contributed by atoms with Crippen molar-refractivity contribution in [2.45, 2.75) is 24.9 Å². The van der Waals surface area contributed by atoms with Crippen molar-refractivity contribution in [3.05, 3.63) is 11.6 Å². The second kappa shape index (κ2) is 7.86. The minimum absolute atomic E-state index is 0. The quantitative estimate of drug-likeness (QED) is 0.297. The summed E-state index contributed by atoms with van der Waals surface area (Å²) in [6, 6.07) is 0. The van der Waals surface area contributed by atoms with Gasteiger partial charge in [-0.1, -0.05) is 0 Å². The highest BCUT2D eigenvalue weighted by Crippen LogP contribution is 2.38. The summed E-state index contributed by atoms with van der Waals surface area (Å²) >= 11 is 5.78. The number of nitrogens with two attached hydrogens (primary N) is 1. The first kappa shape index (κ1) is 21.6. The number of anilines is 1. The first-order valence-electron chi connectivity index (χ1n) is 6.44. The number of rotatable bonds is 4. The first-order chi connectivity index (χ1) is 10.7. The zero-order chi connectivity index (χ0) is 16.8. The van der Waals surface area contributed by atoms with Crippen LogP contribution in [0.1, 0.15) is 12.6 Å². The number of aliphatic hydroxyl groups is 1. The van der Waals surface area contributed by atoms with Gasteiger partial charge in [-0.3, -0.25) is 9.09 Å². The SMILES string of the molecule is N.N.Nc1nc(Cl)nc2c1ncn2[C@H]1C[C@H](O)[C@@H](COP(=O)(O)O)O1. The molecule has 0 radical (unpaired) electrons. The van der Waals surface area contributed by atoms with Crippen molar-refractivity contribution >= 4 is 36.4 Å². The van der Waals surface area contributed by atoms with Crippen molar-refractivity contribution < 1.29 is 28.7 Å². The monoisotopic (exact) mass is 399 g/mol. The fourth-order valence-electron chi connectivity index (χ4n) is 2.33. The molecular weight excluding hydrogens is 381 g/mol. The van der Waals surface area contributed by atoms with E-state index in [0.29, 0.717) is 11.2 Å². The Balaban J connectivity index is 0.00000156. The third-order valence-corrected chi connectivity index (χ3v) is 4.00. The van der Waals surface area contributed by atoms with Crippen molar-refractivity contribution in [1.82, 2.24) is 31.8 Å².